The van der Waals surface area contributed by atoms with Crippen molar-refractivity contribution in [3.05, 3.63) is 0 Å². The predicted molar refractivity (Wildman–Crippen MR) is 67.5 cm³/mol. The van der Waals surface area contributed by atoms with Crippen molar-refractivity contribution < 1.29 is 0 Å². The monoisotopic (exact) mass is 224 g/mol. The lowest BCUT2D eigenvalue weighted by molar-refractivity contribution is 0.0492. The van der Waals surface area contributed by atoms with Crippen LogP contribution in [0.25, 0.3) is 0 Å². The Morgan fingerprint density at radius 3 is 2.75 bits per heavy atom. The van der Waals surface area contributed by atoms with Crippen LogP contribution in [0.15, 0.2) is 4.99 Å². The number of nitrogens with zero attached hydrogens (tertiary/aromatic N) is 3. The van der Waals surface area contributed by atoms with Gasteiger partial charge in [-0.1, -0.05) is 0 Å². The molecule has 2 aliphatic rings. The van der Waals surface area contributed by atoms with Crippen LogP contribution in [0.4, 0.5) is 0 Å². The van der Waals surface area contributed by atoms with Crippen LogP contribution in [-0.4, -0.2) is 53.5 Å². The molecule has 1 saturated heterocycles. The Hall–Kier alpha value is -0.770. The number of hydrogen-bond donors (Lipinski definition) is 1. The third-order valence-electron chi connectivity index (χ3n) is 4.17. The van der Waals surface area contributed by atoms with Gasteiger partial charge >= 0.3 is 0 Å². The fourth-order valence-electron chi connectivity index (χ4n) is 3.21. The lowest BCUT2D eigenvalue weighted by Gasteiger charge is -2.49. The van der Waals surface area contributed by atoms with Crippen molar-refractivity contribution in [1.29, 1.82) is 0 Å². The van der Waals surface area contributed by atoms with Crippen LogP contribution in [0.3, 0.4) is 0 Å². The van der Waals surface area contributed by atoms with E-state index in [9.17, 15) is 0 Å². The number of piperidine rings is 1. The zero-order valence-corrected chi connectivity index (χ0v) is 10.9. The number of hydrogen-bond acceptors (Lipinski definition) is 4. The van der Waals surface area contributed by atoms with Gasteiger partial charge in [-0.2, -0.15) is 0 Å². The summed E-state index contributed by atoms with van der Waals surface area (Å²) in [5.41, 5.74) is 6.23. The molecule has 4 nitrogen and oxygen atoms in total. The summed E-state index contributed by atoms with van der Waals surface area (Å²) in [5.74, 6) is 0.742. The topological polar surface area (TPSA) is 44.9 Å². The van der Waals surface area contributed by atoms with Gasteiger partial charge in [0, 0.05) is 18.6 Å². The van der Waals surface area contributed by atoms with Crippen molar-refractivity contribution in [2.45, 2.75) is 51.2 Å². The molecule has 0 amide bonds. The lowest BCUT2D eigenvalue weighted by atomic mass is 9.82. The van der Waals surface area contributed by atoms with Gasteiger partial charge in [-0.15, -0.1) is 0 Å². The zero-order valence-electron chi connectivity index (χ0n) is 10.9. The van der Waals surface area contributed by atoms with E-state index in [0.29, 0.717) is 12.1 Å². The average Bonchev–Trinajstić information content (AvgIpc) is 2.51. The molecule has 1 fully saturated rings. The third-order valence-corrected chi connectivity index (χ3v) is 4.17. The molecule has 0 radical (unpaired) electrons. The Morgan fingerprint density at radius 1 is 1.50 bits per heavy atom. The molecule has 1 spiro atoms. The van der Waals surface area contributed by atoms with Crippen LogP contribution in [0, 0.1) is 0 Å². The second-order valence-corrected chi connectivity index (χ2v) is 5.65. The Labute approximate surface area is 98.5 Å². The molecule has 0 aromatic rings. The van der Waals surface area contributed by atoms with Crippen LogP contribution in [0.1, 0.15) is 33.6 Å². The first kappa shape index (κ1) is 11.7. The van der Waals surface area contributed by atoms with Gasteiger partial charge in [-0.3, -0.25) is 4.99 Å². The van der Waals surface area contributed by atoms with Crippen LogP contribution in [0.5, 0.6) is 0 Å². The summed E-state index contributed by atoms with van der Waals surface area (Å²) in [6, 6.07) is 1.07. The van der Waals surface area contributed by atoms with Gasteiger partial charge < -0.3 is 15.5 Å². The molecular formula is C12H24N4. The van der Waals surface area contributed by atoms with Gasteiger partial charge in [0.25, 0.3) is 0 Å². The van der Waals surface area contributed by atoms with Crippen molar-refractivity contribution in [3.8, 4) is 0 Å². The first-order valence-electron chi connectivity index (χ1n) is 6.26. The Balaban J connectivity index is 2.20. The highest BCUT2D eigenvalue weighted by Gasteiger charge is 2.46. The SMILES string of the molecule is CC1CC2(CCN1C)CN=C(N)N2C(C)C. The van der Waals surface area contributed by atoms with Gasteiger partial charge in [-0.25, -0.2) is 0 Å². The summed E-state index contributed by atoms with van der Waals surface area (Å²) in [6.45, 7) is 8.74. The van der Waals surface area contributed by atoms with E-state index in [1.165, 1.54) is 12.8 Å². The normalized spacial score (nSPS) is 36.2. The minimum atomic E-state index is 0.199. The minimum Gasteiger partial charge on any atom is -0.370 e. The molecule has 16 heavy (non-hydrogen) atoms. The van der Waals surface area contributed by atoms with Crippen molar-refractivity contribution in [2.24, 2.45) is 10.7 Å². The molecule has 2 N–H and O–H groups in total. The second-order valence-electron chi connectivity index (χ2n) is 5.65. The summed E-state index contributed by atoms with van der Waals surface area (Å²) < 4.78 is 0. The largest absolute Gasteiger partial charge is 0.370 e. The zero-order chi connectivity index (χ0) is 11.9. The van der Waals surface area contributed by atoms with E-state index in [1.54, 1.807) is 0 Å². The first-order valence-corrected chi connectivity index (χ1v) is 6.26. The maximum absolute atomic E-state index is 6.03. The average molecular weight is 224 g/mol. The fourth-order valence-corrected chi connectivity index (χ4v) is 3.21. The van der Waals surface area contributed by atoms with Crippen LogP contribution in [0.2, 0.25) is 0 Å². The van der Waals surface area contributed by atoms with E-state index in [2.05, 4.69) is 42.6 Å². The van der Waals surface area contributed by atoms with E-state index in [1.807, 2.05) is 0 Å². The van der Waals surface area contributed by atoms with Gasteiger partial charge in [0.1, 0.15) is 0 Å². The van der Waals surface area contributed by atoms with Crippen molar-refractivity contribution in [2.75, 3.05) is 20.1 Å². The van der Waals surface area contributed by atoms with E-state index in [-0.39, 0.29) is 5.54 Å². The molecule has 2 rings (SSSR count). The number of nitrogens with two attached hydrogens (primary N) is 1. The third kappa shape index (κ3) is 1.69. The Kier molecular flexibility index (Phi) is 2.86. The summed E-state index contributed by atoms with van der Waals surface area (Å²) in [5, 5.41) is 0. The molecule has 4 heteroatoms. The highest BCUT2D eigenvalue weighted by Crippen LogP contribution is 2.36. The number of likely N-dealkylation sites (tertiary alicyclic amines) is 1. The minimum absolute atomic E-state index is 0.199. The quantitative estimate of drug-likeness (QED) is 0.719. The van der Waals surface area contributed by atoms with E-state index < -0.39 is 0 Å². The molecule has 0 saturated carbocycles. The Morgan fingerprint density at radius 2 is 2.19 bits per heavy atom. The predicted octanol–water partition coefficient (Wildman–Crippen LogP) is 0.878. The molecular weight excluding hydrogens is 200 g/mol. The molecule has 2 atom stereocenters. The van der Waals surface area contributed by atoms with E-state index in [4.69, 9.17) is 5.73 Å². The molecule has 2 heterocycles. The van der Waals surface area contributed by atoms with Gasteiger partial charge in [0.2, 0.25) is 0 Å². The van der Waals surface area contributed by atoms with E-state index >= 15 is 0 Å². The summed E-state index contributed by atoms with van der Waals surface area (Å²) in [6.07, 6.45) is 2.35. The van der Waals surface area contributed by atoms with Gasteiger partial charge in [0.05, 0.1) is 12.1 Å². The van der Waals surface area contributed by atoms with Gasteiger partial charge in [0.15, 0.2) is 5.96 Å². The summed E-state index contributed by atoms with van der Waals surface area (Å²) in [7, 11) is 2.20. The van der Waals surface area contributed by atoms with E-state index in [0.717, 1.165) is 19.0 Å². The fraction of sp³-hybridized carbons (Fsp3) is 0.917. The second kappa shape index (κ2) is 3.91. The van der Waals surface area contributed by atoms with Crippen LogP contribution < -0.4 is 5.73 Å². The Bertz CT molecular complexity index is 299. The number of guanidine groups is 1. The number of rotatable bonds is 1. The van der Waals surface area contributed by atoms with Crippen molar-refractivity contribution >= 4 is 5.96 Å². The van der Waals surface area contributed by atoms with Gasteiger partial charge in [-0.05, 0) is 40.7 Å². The van der Waals surface area contributed by atoms with Crippen molar-refractivity contribution in [1.82, 2.24) is 9.80 Å². The maximum atomic E-state index is 6.03. The van der Waals surface area contributed by atoms with Crippen molar-refractivity contribution in [3.63, 3.8) is 0 Å². The molecule has 2 unspecified atom stereocenters. The highest BCUT2D eigenvalue weighted by atomic mass is 15.4. The molecule has 0 aliphatic carbocycles. The standard InChI is InChI=1S/C12H24N4/c1-9(2)16-11(13)14-8-12(16)5-6-15(4)10(3)7-12/h9-10H,5-8H2,1-4H3,(H2,13,14). The molecule has 2 aliphatic heterocycles. The number of aliphatic imine (C=N–C) groups is 1. The summed E-state index contributed by atoms with van der Waals surface area (Å²) in [4.78, 5) is 9.25. The van der Waals surface area contributed by atoms with Crippen LogP contribution >= 0.6 is 0 Å². The molecule has 0 aromatic heterocycles. The van der Waals surface area contributed by atoms with Crippen LogP contribution in [-0.2, 0) is 0 Å². The molecule has 0 bridgehead atoms. The molecule has 0 aromatic carbocycles. The first-order chi connectivity index (χ1) is 7.46. The molecule has 92 valence electrons. The highest BCUT2D eigenvalue weighted by molar-refractivity contribution is 5.81. The maximum Gasteiger partial charge on any atom is 0.192 e. The summed E-state index contributed by atoms with van der Waals surface area (Å²) >= 11 is 0. The lowest BCUT2D eigenvalue weighted by Crippen LogP contribution is -2.60. The smallest absolute Gasteiger partial charge is 0.192 e.